The second-order valence-corrected chi connectivity index (χ2v) is 4.26. The minimum atomic E-state index is 0.809. The number of nitrogens with zero attached hydrogens (tertiary/aromatic N) is 2. The molecule has 0 unspecified atom stereocenters. The van der Waals surface area contributed by atoms with Crippen molar-refractivity contribution >= 4 is 21.7 Å². The Kier molecular flexibility index (Phi) is 3.51. The van der Waals surface area contributed by atoms with Crippen LogP contribution in [0.2, 0.25) is 0 Å². The topological polar surface area (TPSA) is 37.8 Å². The summed E-state index contributed by atoms with van der Waals surface area (Å²) in [7, 11) is 0. The second-order valence-electron chi connectivity index (χ2n) is 3.34. The Bertz CT molecular complexity index is 451. The van der Waals surface area contributed by atoms with Gasteiger partial charge in [-0.05, 0) is 31.2 Å². The van der Waals surface area contributed by atoms with Gasteiger partial charge in [0.15, 0.2) is 0 Å². The van der Waals surface area contributed by atoms with Crippen molar-refractivity contribution < 1.29 is 0 Å². The number of hydrogen-bond donors (Lipinski definition) is 1. The molecule has 1 heterocycles. The van der Waals surface area contributed by atoms with Gasteiger partial charge in [-0.3, -0.25) is 0 Å². The van der Waals surface area contributed by atoms with E-state index in [1.165, 1.54) is 0 Å². The number of anilines is 1. The molecule has 0 saturated heterocycles. The van der Waals surface area contributed by atoms with Crippen LogP contribution < -0.4 is 5.32 Å². The largest absolute Gasteiger partial charge is 0.369 e. The molecule has 0 saturated carbocycles. The summed E-state index contributed by atoms with van der Waals surface area (Å²) in [4.78, 5) is 0. The van der Waals surface area contributed by atoms with E-state index < -0.39 is 0 Å². The Hall–Kier alpha value is -1.42. The lowest BCUT2D eigenvalue weighted by molar-refractivity contribution is 1.02. The molecule has 0 aliphatic rings. The maximum absolute atomic E-state index is 4.17. The van der Waals surface area contributed by atoms with E-state index in [0.717, 1.165) is 28.1 Å². The Morgan fingerprint density at radius 1 is 1.06 bits per heavy atom. The molecule has 1 N–H and O–H groups in total. The zero-order valence-electron chi connectivity index (χ0n) is 8.94. The third-order valence-corrected chi connectivity index (χ3v) is 2.69. The van der Waals surface area contributed by atoms with Crippen LogP contribution in [0.15, 0.2) is 40.9 Å². The summed E-state index contributed by atoms with van der Waals surface area (Å²) in [5, 5.41) is 11.4. The van der Waals surface area contributed by atoms with Crippen LogP contribution in [0.1, 0.15) is 6.92 Å². The standard InChI is InChI=1S/C12H12BrN3/c1-2-14-12-8-7-11(15-16-12)9-3-5-10(13)6-4-9/h3-8H,2H2,1H3,(H,14,16). The molecule has 1 aromatic heterocycles. The van der Waals surface area contributed by atoms with Crippen LogP contribution in [0.3, 0.4) is 0 Å². The molecule has 0 aliphatic carbocycles. The van der Waals surface area contributed by atoms with E-state index in [-0.39, 0.29) is 0 Å². The highest BCUT2D eigenvalue weighted by Gasteiger charge is 2.00. The Labute approximate surface area is 103 Å². The van der Waals surface area contributed by atoms with E-state index in [4.69, 9.17) is 0 Å². The lowest BCUT2D eigenvalue weighted by Crippen LogP contribution is -2.00. The summed E-state index contributed by atoms with van der Waals surface area (Å²) in [6.45, 7) is 2.89. The van der Waals surface area contributed by atoms with Crippen LogP contribution in [0, 0.1) is 0 Å². The van der Waals surface area contributed by atoms with Crippen LogP contribution in [-0.4, -0.2) is 16.7 Å². The predicted molar refractivity (Wildman–Crippen MR) is 69.3 cm³/mol. The highest BCUT2D eigenvalue weighted by Crippen LogP contribution is 2.19. The van der Waals surface area contributed by atoms with E-state index >= 15 is 0 Å². The molecule has 16 heavy (non-hydrogen) atoms. The van der Waals surface area contributed by atoms with Crippen molar-refractivity contribution in [3.05, 3.63) is 40.9 Å². The zero-order chi connectivity index (χ0) is 11.4. The fraction of sp³-hybridized carbons (Fsp3) is 0.167. The molecule has 0 fully saturated rings. The van der Waals surface area contributed by atoms with Gasteiger partial charge in [0.05, 0.1) is 5.69 Å². The average Bonchev–Trinajstić information content (AvgIpc) is 2.32. The summed E-state index contributed by atoms with van der Waals surface area (Å²) in [6.07, 6.45) is 0. The van der Waals surface area contributed by atoms with Crippen LogP contribution in [0.25, 0.3) is 11.3 Å². The first-order chi connectivity index (χ1) is 7.79. The molecule has 3 nitrogen and oxygen atoms in total. The highest BCUT2D eigenvalue weighted by molar-refractivity contribution is 9.10. The minimum Gasteiger partial charge on any atom is -0.369 e. The maximum Gasteiger partial charge on any atom is 0.148 e. The van der Waals surface area contributed by atoms with Crippen LogP contribution in [0.5, 0.6) is 0 Å². The van der Waals surface area contributed by atoms with Crippen molar-refractivity contribution in [1.29, 1.82) is 0 Å². The molecule has 4 heteroatoms. The van der Waals surface area contributed by atoms with E-state index in [0.29, 0.717) is 0 Å². The summed E-state index contributed by atoms with van der Waals surface area (Å²) >= 11 is 3.40. The van der Waals surface area contributed by atoms with E-state index in [1.807, 2.05) is 43.3 Å². The normalized spacial score (nSPS) is 10.1. The predicted octanol–water partition coefficient (Wildman–Crippen LogP) is 3.34. The number of aromatic nitrogens is 2. The molecule has 0 spiro atoms. The van der Waals surface area contributed by atoms with Crippen LogP contribution >= 0.6 is 15.9 Å². The van der Waals surface area contributed by atoms with Crippen molar-refractivity contribution in [3.63, 3.8) is 0 Å². The SMILES string of the molecule is CCNc1ccc(-c2ccc(Br)cc2)nn1. The molecule has 0 bridgehead atoms. The van der Waals surface area contributed by atoms with Gasteiger partial charge in [-0.1, -0.05) is 28.1 Å². The van der Waals surface area contributed by atoms with Gasteiger partial charge in [0, 0.05) is 16.6 Å². The van der Waals surface area contributed by atoms with Gasteiger partial charge in [0.2, 0.25) is 0 Å². The summed E-state index contributed by atoms with van der Waals surface area (Å²) < 4.78 is 1.06. The van der Waals surface area contributed by atoms with Gasteiger partial charge >= 0.3 is 0 Å². The van der Waals surface area contributed by atoms with Gasteiger partial charge in [-0.25, -0.2) is 0 Å². The zero-order valence-corrected chi connectivity index (χ0v) is 10.5. The quantitative estimate of drug-likeness (QED) is 0.935. The molecule has 1 aromatic carbocycles. The fourth-order valence-corrected chi connectivity index (χ4v) is 1.65. The van der Waals surface area contributed by atoms with Gasteiger partial charge < -0.3 is 5.32 Å². The molecular weight excluding hydrogens is 266 g/mol. The van der Waals surface area contributed by atoms with Crippen LogP contribution in [0.4, 0.5) is 5.82 Å². The summed E-state index contributed by atoms with van der Waals surface area (Å²) in [5.74, 6) is 0.809. The number of rotatable bonds is 3. The van der Waals surface area contributed by atoms with Crippen molar-refractivity contribution in [3.8, 4) is 11.3 Å². The summed E-state index contributed by atoms with van der Waals surface area (Å²) in [5.41, 5.74) is 1.95. The first kappa shape index (κ1) is 11.1. The molecule has 0 aliphatic heterocycles. The Morgan fingerprint density at radius 2 is 1.81 bits per heavy atom. The first-order valence-electron chi connectivity index (χ1n) is 5.13. The Morgan fingerprint density at radius 3 is 2.38 bits per heavy atom. The third kappa shape index (κ3) is 2.58. The smallest absolute Gasteiger partial charge is 0.148 e. The van der Waals surface area contributed by atoms with E-state index in [1.54, 1.807) is 0 Å². The van der Waals surface area contributed by atoms with Crippen molar-refractivity contribution in [2.75, 3.05) is 11.9 Å². The number of benzene rings is 1. The molecule has 0 radical (unpaired) electrons. The lowest BCUT2D eigenvalue weighted by atomic mass is 10.1. The molecule has 82 valence electrons. The molecule has 0 amide bonds. The minimum absolute atomic E-state index is 0.809. The van der Waals surface area contributed by atoms with E-state index in [9.17, 15) is 0 Å². The van der Waals surface area contributed by atoms with Gasteiger partial charge in [0.1, 0.15) is 5.82 Å². The summed E-state index contributed by atoms with van der Waals surface area (Å²) in [6, 6.07) is 11.9. The van der Waals surface area contributed by atoms with Gasteiger partial charge in [0.25, 0.3) is 0 Å². The Balaban J connectivity index is 2.24. The van der Waals surface area contributed by atoms with Gasteiger partial charge in [-0.15, -0.1) is 10.2 Å². The molecule has 2 rings (SSSR count). The molecule has 0 atom stereocenters. The van der Waals surface area contributed by atoms with Crippen LogP contribution in [-0.2, 0) is 0 Å². The van der Waals surface area contributed by atoms with Crippen molar-refractivity contribution in [2.45, 2.75) is 6.92 Å². The third-order valence-electron chi connectivity index (χ3n) is 2.16. The van der Waals surface area contributed by atoms with Crippen molar-refractivity contribution in [1.82, 2.24) is 10.2 Å². The number of hydrogen-bond acceptors (Lipinski definition) is 3. The second kappa shape index (κ2) is 5.07. The number of halogens is 1. The van der Waals surface area contributed by atoms with Crippen molar-refractivity contribution in [2.24, 2.45) is 0 Å². The van der Waals surface area contributed by atoms with Gasteiger partial charge in [-0.2, -0.15) is 0 Å². The first-order valence-corrected chi connectivity index (χ1v) is 5.92. The lowest BCUT2D eigenvalue weighted by Gasteiger charge is -2.03. The maximum atomic E-state index is 4.17. The fourth-order valence-electron chi connectivity index (χ4n) is 1.38. The molecule has 2 aromatic rings. The molecular formula is C12H12BrN3. The highest BCUT2D eigenvalue weighted by atomic mass is 79.9. The number of nitrogens with one attached hydrogen (secondary N) is 1. The van der Waals surface area contributed by atoms with E-state index in [2.05, 4.69) is 31.4 Å². The monoisotopic (exact) mass is 277 g/mol. The average molecular weight is 278 g/mol.